The van der Waals surface area contributed by atoms with Crippen molar-refractivity contribution in [2.24, 2.45) is 0 Å². The lowest BCUT2D eigenvalue weighted by atomic mass is 10.2. The van der Waals surface area contributed by atoms with Crippen LogP contribution in [0.3, 0.4) is 0 Å². The monoisotopic (exact) mass is 209 g/mol. The second-order valence-corrected chi connectivity index (χ2v) is 3.92. The Hall–Kier alpha value is -1.26. The molecule has 0 saturated heterocycles. The van der Waals surface area contributed by atoms with E-state index in [9.17, 15) is 4.39 Å². The van der Waals surface area contributed by atoms with Crippen LogP contribution in [0.1, 0.15) is 4.88 Å². The SMILES string of the molecule is OCc1cnc(-c2cccc(F)c2)s1. The number of thiazole rings is 1. The summed E-state index contributed by atoms with van der Waals surface area (Å²) in [7, 11) is 0. The first kappa shape index (κ1) is 9.30. The highest BCUT2D eigenvalue weighted by molar-refractivity contribution is 7.15. The molecule has 2 nitrogen and oxygen atoms in total. The molecule has 72 valence electrons. The van der Waals surface area contributed by atoms with E-state index >= 15 is 0 Å². The minimum atomic E-state index is -0.275. The van der Waals surface area contributed by atoms with Crippen LogP contribution in [0.2, 0.25) is 0 Å². The van der Waals surface area contributed by atoms with Gasteiger partial charge in [-0.1, -0.05) is 12.1 Å². The molecule has 0 aliphatic carbocycles. The largest absolute Gasteiger partial charge is 0.391 e. The standard InChI is InChI=1S/C10H8FNOS/c11-8-3-1-2-7(4-8)10-12-5-9(6-13)14-10/h1-5,13H,6H2. The van der Waals surface area contributed by atoms with Crippen molar-refractivity contribution in [1.82, 2.24) is 4.98 Å². The van der Waals surface area contributed by atoms with Gasteiger partial charge >= 0.3 is 0 Å². The van der Waals surface area contributed by atoms with Gasteiger partial charge in [-0.3, -0.25) is 0 Å². The lowest BCUT2D eigenvalue weighted by Gasteiger charge is -1.94. The summed E-state index contributed by atoms with van der Waals surface area (Å²) in [6.07, 6.45) is 1.60. The first-order valence-electron chi connectivity index (χ1n) is 4.11. The van der Waals surface area contributed by atoms with E-state index < -0.39 is 0 Å². The lowest BCUT2D eigenvalue weighted by Crippen LogP contribution is -1.77. The Morgan fingerprint density at radius 2 is 2.29 bits per heavy atom. The van der Waals surface area contributed by atoms with E-state index in [1.165, 1.54) is 23.5 Å². The molecule has 0 unspecified atom stereocenters. The molecule has 0 bridgehead atoms. The molecule has 1 N–H and O–H groups in total. The summed E-state index contributed by atoms with van der Waals surface area (Å²) < 4.78 is 12.9. The van der Waals surface area contributed by atoms with Gasteiger partial charge in [0.15, 0.2) is 0 Å². The Labute approximate surface area is 84.7 Å². The van der Waals surface area contributed by atoms with Crippen LogP contribution in [-0.2, 0) is 6.61 Å². The van der Waals surface area contributed by atoms with Crippen molar-refractivity contribution in [3.63, 3.8) is 0 Å². The molecule has 0 atom stereocenters. The first-order chi connectivity index (χ1) is 6.79. The van der Waals surface area contributed by atoms with Gasteiger partial charge in [0.05, 0.1) is 11.5 Å². The van der Waals surface area contributed by atoms with Gasteiger partial charge in [-0.25, -0.2) is 9.37 Å². The molecule has 0 aliphatic rings. The van der Waals surface area contributed by atoms with Crippen LogP contribution in [-0.4, -0.2) is 10.1 Å². The van der Waals surface area contributed by atoms with Crippen molar-refractivity contribution < 1.29 is 9.50 Å². The number of rotatable bonds is 2. The molecule has 1 aromatic carbocycles. The van der Waals surface area contributed by atoms with Crippen molar-refractivity contribution in [2.45, 2.75) is 6.61 Å². The summed E-state index contributed by atoms with van der Waals surface area (Å²) in [5.74, 6) is -0.275. The number of hydrogen-bond acceptors (Lipinski definition) is 3. The molecule has 2 rings (SSSR count). The van der Waals surface area contributed by atoms with Gasteiger partial charge in [0.2, 0.25) is 0 Å². The van der Waals surface area contributed by atoms with E-state index in [0.717, 1.165) is 15.4 Å². The zero-order valence-electron chi connectivity index (χ0n) is 7.27. The van der Waals surface area contributed by atoms with E-state index in [1.807, 2.05) is 0 Å². The molecule has 0 radical (unpaired) electrons. The minimum Gasteiger partial charge on any atom is -0.391 e. The van der Waals surface area contributed by atoms with E-state index in [0.29, 0.717) is 0 Å². The zero-order valence-corrected chi connectivity index (χ0v) is 8.09. The topological polar surface area (TPSA) is 33.1 Å². The fraction of sp³-hybridized carbons (Fsp3) is 0.100. The number of halogens is 1. The summed E-state index contributed by atoms with van der Waals surface area (Å²) in [5, 5.41) is 9.58. The predicted octanol–water partition coefficient (Wildman–Crippen LogP) is 2.44. The Kier molecular flexibility index (Phi) is 2.56. The lowest BCUT2D eigenvalue weighted by molar-refractivity contribution is 0.285. The number of nitrogens with zero attached hydrogens (tertiary/aromatic N) is 1. The van der Waals surface area contributed by atoms with Crippen LogP contribution >= 0.6 is 11.3 Å². The smallest absolute Gasteiger partial charge is 0.123 e. The molecule has 2 aromatic rings. The molecule has 0 amide bonds. The van der Waals surface area contributed by atoms with Crippen LogP contribution in [0.15, 0.2) is 30.5 Å². The maximum absolute atomic E-state index is 12.9. The van der Waals surface area contributed by atoms with Gasteiger partial charge < -0.3 is 5.11 Å². The Morgan fingerprint density at radius 3 is 2.93 bits per heavy atom. The van der Waals surface area contributed by atoms with Crippen LogP contribution in [0.5, 0.6) is 0 Å². The Bertz CT molecular complexity index is 441. The molecule has 0 fully saturated rings. The third kappa shape index (κ3) is 1.81. The normalized spacial score (nSPS) is 10.4. The van der Waals surface area contributed by atoms with Crippen LogP contribution < -0.4 is 0 Å². The fourth-order valence-electron chi connectivity index (χ4n) is 1.14. The van der Waals surface area contributed by atoms with Gasteiger partial charge in [-0.15, -0.1) is 11.3 Å². The highest BCUT2D eigenvalue weighted by Gasteiger charge is 2.04. The summed E-state index contributed by atoms with van der Waals surface area (Å²) in [5.41, 5.74) is 0.745. The average molecular weight is 209 g/mol. The minimum absolute atomic E-state index is 0.0209. The van der Waals surface area contributed by atoms with Crippen LogP contribution in [0.25, 0.3) is 10.6 Å². The number of aliphatic hydroxyl groups excluding tert-OH is 1. The second-order valence-electron chi connectivity index (χ2n) is 2.80. The van der Waals surface area contributed by atoms with Crippen molar-refractivity contribution in [1.29, 1.82) is 0 Å². The van der Waals surface area contributed by atoms with Crippen molar-refractivity contribution in [3.05, 3.63) is 41.2 Å². The third-order valence-corrected chi connectivity index (χ3v) is 2.81. The third-order valence-electron chi connectivity index (χ3n) is 1.78. The molecule has 1 aromatic heterocycles. The summed E-state index contributed by atoms with van der Waals surface area (Å²) in [4.78, 5) is 4.87. The van der Waals surface area contributed by atoms with Crippen LogP contribution in [0.4, 0.5) is 4.39 Å². The Morgan fingerprint density at radius 1 is 1.43 bits per heavy atom. The fourth-order valence-corrected chi connectivity index (χ4v) is 1.90. The molecular formula is C10H8FNOS. The maximum Gasteiger partial charge on any atom is 0.123 e. The first-order valence-corrected chi connectivity index (χ1v) is 4.93. The highest BCUT2D eigenvalue weighted by atomic mass is 32.1. The molecule has 4 heteroatoms. The summed E-state index contributed by atoms with van der Waals surface area (Å²) in [6, 6.07) is 6.26. The van der Waals surface area contributed by atoms with Gasteiger partial charge in [0.1, 0.15) is 10.8 Å². The average Bonchev–Trinajstić information content (AvgIpc) is 2.66. The number of benzene rings is 1. The predicted molar refractivity (Wildman–Crippen MR) is 53.4 cm³/mol. The van der Waals surface area contributed by atoms with Crippen molar-refractivity contribution >= 4 is 11.3 Å². The van der Waals surface area contributed by atoms with Gasteiger partial charge in [-0.05, 0) is 12.1 Å². The van der Waals surface area contributed by atoms with Gasteiger partial charge in [-0.2, -0.15) is 0 Å². The molecule has 0 saturated carbocycles. The Balaban J connectivity index is 2.39. The number of aliphatic hydroxyl groups is 1. The van der Waals surface area contributed by atoms with E-state index in [1.54, 1.807) is 18.3 Å². The molecular weight excluding hydrogens is 201 g/mol. The van der Waals surface area contributed by atoms with Crippen molar-refractivity contribution in [3.8, 4) is 10.6 Å². The van der Waals surface area contributed by atoms with E-state index in [2.05, 4.69) is 4.98 Å². The van der Waals surface area contributed by atoms with Gasteiger partial charge in [0.25, 0.3) is 0 Å². The molecule has 14 heavy (non-hydrogen) atoms. The number of hydrogen-bond donors (Lipinski definition) is 1. The summed E-state index contributed by atoms with van der Waals surface area (Å²) >= 11 is 1.37. The van der Waals surface area contributed by atoms with Gasteiger partial charge in [0, 0.05) is 11.8 Å². The van der Waals surface area contributed by atoms with Crippen LogP contribution in [0, 0.1) is 5.82 Å². The molecule has 1 heterocycles. The second kappa shape index (κ2) is 3.86. The van der Waals surface area contributed by atoms with E-state index in [4.69, 9.17) is 5.11 Å². The van der Waals surface area contributed by atoms with E-state index in [-0.39, 0.29) is 12.4 Å². The maximum atomic E-state index is 12.9. The number of aromatic nitrogens is 1. The summed E-state index contributed by atoms with van der Waals surface area (Å²) in [6.45, 7) is -0.0209. The highest BCUT2D eigenvalue weighted by Crippen LogP contribution is 2.25. The molecule has 0 aliphatic heterocycles. The zero-order chi connectivity index (χ0) is 9.97. The quantitative estimate of drug-likeness (QED) is 0.824. The molecule has 0 spiro atoms. The van der Waals surface area contributed by atoms with Crippen molar-refractivity contribution in [2.75, 3.05) is 0 Å².